The van der Waals surface area contributed by atoms with Crippen LogP contribution < -0.4 is 9.80 Å². The van der Waals surface area contributed by atoms with Gasteiger partial charge in [-0.1, -0.05) is 0 Å². The van der Waals surface area contributed by atoms with Gasteiger partial charge in [-0.05, 0) is 28.1 Å². The number of halogens is 4. The fourth-order valence-electron chi connectivity index (χ4n) is 2.47. The first-order chi connectivity index (χ1) is 10.9. The van der Waals surface area contributed by atoms with Crippen LogP contribution in [0.15, 0.2) is 35.2 Å². The standard InChI is InChI=1S/C14H13BrF3N5/c15-10-8-11(14(16,17)18)12(21-9-10)22-4-6-23(7-5-22)13-19-2-1-3-20-13/h1-3,8-9H,4-7H2. The fourth-order valence-corrected chi connectivity index (χ4v) is 2.80. The van der Waals surface area contributed by atoms with Crippen molar-refractivity contribution in [3.63, 3.8) is 0 Å². The highest BCUT2D eigenvalue weighted by atomic mass is 79.9. The first kappa shape index (κ1) is 16.0. The average molecular weight is 388 g/mol. The van der Waals surface area contributed by atoms with Gasteiger partial charge in [0.15, 0.2) is 0 Å². The van der Waals surface area contributed by atoms with E-state index >= 15 is 0 Å². The van der Waals surface area contributed by atoms with Crippen LogP contribution in [0.4, 0.5) is 24.9 Å². The molecular formula is C14H13BrF3N5. The van der Waals surface area contributed by atoms with Crippen LogP contribution in [0.1, 0.15) is 5.56 Å². The van der Waals surface area contributed by atoms with E-state index in [1.165, 1.54) is 6.20 Å². The molecule has 0 N–H and O–H groups in total. The van der Waals surface area contributed by atoms with Crippen LogP contribution in [0.25, 0.3) is 0 Å². The van der Waals surface area contributed by atoms with E-state index in [0.29, 0.717) is 36.6 Å². The van der Waals surface area contributed by atoms with E-state index in [0.717, 1.165) is 6.07 Å². The number of nitrogens with zero attached hydrogens (tertiary/aromatic N) is 5. The number of hydrogen-bond donors (Lipinski definition) is 0. The normalized spacial score (nSPS) is 15.8. The molecule has 0 amide bonds. The minimum absolute atomic E-state index is 0.0330. The molecule has 0 spiro atoms. The molecule has 0 radical (unpaired) electrons. The second-order valence-electron chi connectivity index (χ2n) is 5.05. The summed E-state index contributed by atoms with van der Waals surface area (Å²) in [4.78, 5) is 15.9. The van der Waals surface area contributed by atoms with Crippen LogP contribution in [0.3, 0.4) is 0 Å². The minimum atomic E-state index is -4.44. The van der Waals surface area contributed by atoms with Gasteiger partial charge in [0, 0.05) is 49.2 Å². The maximum Gasteiger partial charge on any atom is 0.419 e. The Balaban J connectivity index is 1.78. The van der Waals surface area contributed by atoms with Crippen molar-refractivity contribution >= 4 is 27.7 Å². The van der Waals surface area contributed by atoms with E-state index in [4.69, 9.17) is 0 Å². The Hall–Kier alpha value is -1.90. The number of alkyl halides is 3. The van der Waals surface area contributed by atoms with Crippen molar-refractivity contribution in [3.05, 3.63) is 40.8 Å². The Bertz CT molecular complexity index is 672. The topological polar surface area (TPSA) is 45.2 Å². The summed E-state index contributed by atoms with van der Waals surface area (Å²) >= 11 is 3.05. The Morgan fingerprint density at radius 1 is 0.957 bits per heavy atom. The lowest BCUT2D eigenvalue weighted by molar-refractivity contribution is -0.137. The molecule has 0 aromatic carbocycles. The molecular weight excluding hydrogens is 375 g/mol. The third-order valence-electron chi connectivity index (χ3n) is 3.55. The van der Waals surface area contributed by atoms with Gasteiger partial charge in [0.25, 0.3) is 0 Å². The van der Waals surface area contributed by atoms with E-state index in [2.05, 4.69) is 30.9 Å². The van der Waals surface area contributed by atoms with Crippen LogP contribution in [0.2, 0.25) is 0 Å². The Labute approximate surface area is 139 Å². The summed E-state index contributed by atoms with van der Waals surface area (Å²) < 4.78 is 39.9. The third kappa shape index (κ3) is 3.54. The molecule has 1 aliphatic heterocycles. The minimum Gasteiger partial charge on any atom is -0.353 e. The molecule has 0 aliphatic carbocycles. The molecule has 0 bridgehead atoms. The largest absolute Gasteiger partial charge is 0.419 e. The van der Waals surface area contributed by atoms with E-state index in [-0.39, 0.29) is 5.82 Å². The van der Waals surface area contributed by atoms with Gasteiger partial charge in [0.05, 0.1) is 5.56 Å². The third-order valence-corrected chi connectivity index (χ3v) is 3.99. The number of pyridine rings is 1. The number of rotatable bonds is 2. The van der Waals surface area contributed by atoms with Gasteiger partial charge < -0.3 is 9.80 Å². The number of anilines is 2. The molecule has 0 unspecified atom stereocenters. The van der Waals surface area contributed by atoms with Crippen molar-refractivity contribution in [3.8, 4) is 0 Å². The monoisotopic (exact) mass is 387 g/mol. The molecule has 9 heteroatoms. The number of hydrogen-bond acceptors (Lipinski definition) is 5. The van der Waals surface area contributed by atoms with Crippen molar-refractivity contribution < 1.29 is 13.2 Å². The fraction of sp³-hybridized carbons (Fsp3) is 0.357. The van der Waals surface area contributed by atoms with Crippen molar-refractivity contribution in [1.82, 2.24) is 15.0 Å². The molecule has 1 aliphatic rings. The first-order valence-corrected chi connectivity index (χ1v) is 7.74. The molecule has 5 nitrogen and oxygen atoms in total. The molecule has 3 rings (SSSR count). The summed E-state index contributed by atoms with van der Waals surface area (Å²) in [6, 6.07) is 2.79. The predicted octanol–water partition coefficient (Wildman–Crippen LogP) is 2.98. The Morgan fingerprint density at radius 2 is 1.57 bits per heavy atom. The van der Waals surface area contributed by atoms with Gasteiger partial charge in [-0.3, -0.25) is 0 Å². The molecule has 3 heterocycles. The maximum atomic E-state index is 13.2. The van der Waals surface area contributed by atoms with Crippen LogP contribution in [-0.2, 0) is 6.18 Å². The second-order valence-corrected chi connectivity index (χ2v) is 5.96. The first-order valence-electron chi connectivity index (χ1n) is 6.95. The van der Waals surface area contributed by atoms with E-state index in [9.17, 15) is 13.2 Å². The molecule has 1 fully saturated rings. The molecule has 2 aromatic rings. The molecule has 2 aromatic heterocycles. The summed E-state index contributed by atoms with van der Waals surface area (Å²) in [5.74, 6) is 0.557. The quantitative estimate of drug-likeness (QED) is 0.792. The van der Waals surface area contributed by atoms with Gasteiger partial charge in [0.1, 0.15) is 5.82 Å². The van der Waals surface area contributed by atoms with Crippen molar-refractivity contribution in [2.75, 3.05) is 36.0 Å². The predicted molar refractivity (Wildman–Crippen MR) is 83.4 cm³/mol. The lowest BCUT2D eigenvalue weighted by Crippen LogP contribution is -2.48. The highest BCUT2D eigenvalue weighted by Gasteiger charge is 2.36. The van der Waals surface area contributed by atoms with Gasteiger partial charge in [-0.25, -0.2) is 15.0 Å². The Morgan fingerprint density at radius 3 is 2.17 bits per heavy atom. The zero-order chi connectivity index (χ0) is 16.4. The highest BCUT2D eigenvalue weighted by Crippen LogP contribution is 2.37. The van der Waals surface area contributed by atoms with Gasteiger partial charge in [0.2, 0.25) is 5.95 Å². The molecule has 0 atom stereocenters. The van der Waals surface area contributed by atoms with Crippen LogP contribution in [-0.4, -0.2) is 41.1 Å². The zero-order valence-corrected chi connectivity index (χ0v) is 13.5. The van der Waals surface area contributed by atoms with E-state index in [1.807, 2.05) is 4.90 Å². The van der Waals surface area contributed by atoms with Gasteiger partial charge in [-0.15, -0.1) is 0 Å². The summed E-state index contributed by atoms with van der Waals surface area (Å²) in [5.41, 5.74) is -0.726. The molecule has 0 saturated carbocycles. The smallest absolute Gasteiger partial charge is 0.353 e. The Kier molecular flexibility index (Phi) is 4.38. The SMILES string of the molecule is FC(F)(F)c1cc(Br)cnc1N1CCN(c2ncccn2)CC1. The molecule has 122 valence electrons. The van der Waals surface area contributed by atoms with Crippen LogP contribution in [0.5, 0.6) is 0 Å². The number of piperazine rings is 1. The molecule has 1 saturated heterocycles. The highest BCUT2D eigenvalue weighted by molar-refractivity contribution is 9.10. The van der Waals surface area contributed by atoms with Crippen molar-refractivity contribution in [2.24, 2.45) is 0 Å². The van der Waals surface area contributed by atoms with E-state index < -0.39 is 11.7 Å². The summed E-state index contributed by atoms with van der Waals surface area (Å²) in [6.45, 7) is 1.93. The van der Waals surface area contributed by atoms with Crippen LogP contribution >= 0.6 is 15.9 Å². The maximum absolute atomic E-state index is 13.2. The van der Waals surface area contributed by atoms with Crippen molar-refractivity contribution in [2.45, 2.75) is 6.18 Å². The zero-order valence-electron chi connectivity index (χ0n) is 12.0. The van der Waals surface area contributed by atoms with Gasteiger partial charge >= 0.3 is 6.18 Å². The number of aromatic nitrogens is 3. The van der Waals surface area contributed by atoms with Gasteiger partial charge in [-0.2, -0.15) is 13.2 Å². The summed E-state index contributed by atoms with van der Waals surface area (Å²) in [7, 11) is 0. The lowest BCUT2D eigenvalue weighted by Gasteiger charge is -2.36. The van der Waals surface area contributed by atoms with Crippen molar-refractivity contribution in [1.29, 1.82) is 0 Å². The lowest BCUT2D eigenvalue weighted by atomic mass is 10.2. The average Bonchev–Trinajstić information content (AvgIpc) is 2.55. The molecule has 23 heavy (non-hydrogen) atoms. The second kappa shape index (κ2) is 6.31. The van der Waals surface area contributed by atoms with E-state index in [1.54, 1.807) is 23.4 Å². The van der Waals surface area contributed by atoms with Crippen LogP contribution in [0, 0.1) is 0 Å². The summed E-state index contributed by atoms with van der Waals surface area (Å²) in [6.07, 6.45) is 0.239. The summed E-state index contributed by atoms with van der Waals surface area (Å²) in [5, 5.41) is 0.